The monoisotopic (exact) mass is 269 g/mol. The van der Waals surface area contributed by atoms with Gasteiger partial charge in [-0.3, -0.25) is 4.79 Å². The van der Waals surface area contributed by atoms with E-state index in [1.165, 1.54) is 12.1 Å². The van der Waals surface area contributed by atoms with Crippen molar-refractivity contribution in [1.29, 1.82) is 0 Å². The minimum absolute atomic E-state index is 0.0203. The molecule has 1 aliphatic carbocycles. The van der Waals surface area contributed by atoms with Crippen molar-refractivity contribution in [3.63, 3.8) is 0 Å². The van der Waals surface area contributed by atoms with Crippen LogP contribution in [0.15, 0.2) is 54.6 Å². The maximum atomic E-state index is 13.2. The van der Waals surface area contributed by atoms with E-state index < -0.39 is 0 Å². The summed E-state index contributed by atoms with van der Waals surface area (Å²) in [5.74, 6) is -0.111. The third-order valence-electron chi connectivity index (χ3n) is 3.63. The molecule has 1 aliphatic rings. The van der Waals surface area contributed by atoms with Crippen molar-refractivity contribution in [1.82, 2.24) is 5.32 Å². The zero-order valence-electron chi connectivity index (χ0n) is 11.1. The Morgan fingerprint density at radius 2 is 1.85 bits per heavy atom. The quantitative estimate of drug-likeness (QED) is 0.900. The van der Waals surface area contributed by atoms with E-state index in [0.717, 1.165) is 18.4 Å². The van der Waals surface area contributed by atoms with Gasteiger partial charge in [0, 0.05) is 5.56 Å². The molecule has 3 heteroatoms. The van der Waals surface area contributed by atoms with Gasteiger partial charge in [0.25, 0.3) is 5.91 Å². The van der Waals surface area contributed by atoms with Crippen molar-refractivity contribution in [3.8, 4) is 0 Å². The lowest BCUT2D eigenvalue weighted by Gasteiger charge is -2.18. The molecule has 0 bridgehead atoms. The molecular formula is C17H16FNO. The molecule has 2 aromatic rings. The lowest BCUT2D eigenvalue weighted by molar-refractivity contribution is 0.0931. The zero-order chi connectivity index (χ0) is 13.9. The number of carbonyl (C=O) groups excluding carboxylic acids is 1. The topological polar surface area (TPSA) is 29.1 Å². The van der Waals surface area contributed by atoms with Gasteiger partial charge in [-0.2, -0.15) is 0 Å². The lowest BCUT2D eigenvalue weighted by atomic mass is 10.0. The Bertz CT molecular complexity index is 607. The summed E-state index contributed by atoms with van der Waals surface area (Å²) in [7, 11) is 0. The van der Waals surface area contributed by atoms with E-state index in [1.807, 2.05) is 30.3 Å². The number of carbonyl (C=O) groups is 1. The van der Waals surface area contributed by atoms with Crippen molar-refractivity contribution < 1.29 is 9.18 Å². The highest BCUT2D eigenvalue weighted by atomic mass is 19.1. The molecule has 0 radical (unpaired) electrons. The molecular weight excluding hydrogens is 253 g/mol. The SMILES string of the molecule is O=C(NC(c1ccccc1)C1CC1)c1cccc(F)c1. The molecule has 0 saturated heterocycles. The van der Waals surface area contributed by atoms with Crippen LogP contribution in [0.5, 0.6) is 0 Å². The fourth-order valence-electron chi connectivity index (χ4n) is 2.42. The van der Waals surface area contributed by atoms with E-state index >= 15 is 0 Å². The highest BCUT2D eigenvalue weighted by molar-refractivity contribution is 5.94. The fraction of sp³-hybridized carbons (Fsp3) is 0.235. The van der Waals surface area contributed by atoms with Crippen LogP contribution in [-0.4, -0.2) is 5.91 Å². The fourth-order valence-corrected chi connectivity index (χ4v) is 2.42. The molecule has 1 N–H and O–H groups in total. The summed E-state index contributed by atoms with van der Waals surface area (Å²) in [5.41, 5.74) is 1.48. The molecule has 3 rings (SSSR count). The summed E-state index contributed by atoms with van der Waals surface area (Å²) in [6.07, 6.45) is 2.26. The van der Waals surface area contributed by atoms with E-state index in [9.17, 15) is 9.18 Å². The minimum Gasteiger partial charge on any atom is -0.345 e. The molecule has 0 heterocycles. The third-order valence-corrected chi connectivity index (χ3v) is 3.63. The standard InChI is InChI=1S/C17H16FNO/c18-15-8-4-7-14(11-15)17(20)19-16(13-9-10-13)12-5-2-1-3-6-12/h1-8,11,13,16H,9-10H2,(H,19,20). The number of nitrogens with one attached hydrogen (secondary N) is 1. The van der Waals surface area contributed by atoms with Gasteiger partial charge in [-0.25, -0.2) is 4.39 Å². The molecule has 1 amide bonds. The smallest absolute Gasteiger partial charge is 0.251 e. The normalized spacial score (nSPS) is 15.7. The molecule has 2 nitrogen and oxygen atoms in total. The number of hydrogen-bond acceptors (Lipinski definition) is 1. The summed E-state index contributed by atoms with van der Waals surface area (Å²) >= 11 is 0. The van der Waals surface area contributed by atoms with Crippen LogP contribution in [-0.2, 0) is 0 Å². The summed E-state index contributed by atoms with van der Waals surface area (Å²) in [4.78, 5) is 12.2. The van der Waals surface area contributed by atoms with E-state index in [-0.39, 0.29) is 17.8 Å². The van der Waals surface area contributed by atoms with Gasteiger partial charge >= 0.3 is 0 Å². The molecule has 20 heavy (non-hydrogen) atoms. The van der Waals surface area contributed by atoms with Gasteiger partial charge < -0.3 is 5.32 Å². The van der Waals surface area contributed by atoms with Crippen LogP contribution in [0.4, 0.5) is 4.39 Å². The Labute approximate surface area is 117 Å². The second-order valence-electron chi connectivity index (χ2n) is 5.21. The summed E-state index contributed by atoms with van der Waals surface area (Å²) < 4.78 is 13.2. The van der Waals surface area contributed by atoms with Crippen LogP contribution in [0.3, 0.4) is 0 Å². The maximum absolute atomic E-state index is 13.2. The summed E-state index contributed by atoms with van der Waals surface area (Å²) in [6, 6.07) is 15.8. The van der Waals surface area contributed by atoms with Crippen molar-refractivity contribution in [2.45, 2.75) is 18.9 Å². The second-order valence-corrected chi connectivity index (χ2v) is 5.21. The van der Waals surface area contributed by atoms with Crippen molar-refractivity contribution in [3.05, 3.63) is 71.5 Å². The summed E-state index contributed by atoms with van der Waals surface area (Å²) in [5, 5.41) is 3.03. The van der Waals surface area contributed by atoms with E-state index in [4.69, 9.17) is 0 Å². The first kappa shape index (κ1) is 12.9. The first-order valence-electron chi connectivity index (χ1n) is 6.85. The van der Waals surface area contributed by atoms with Crippen LogP contribution in [0.2, 0.25) is 0 Å². The minimum atomic E-state index is -0.389. The van der Waals surface area contributed by atoms with E-state index in [1.54, 1.807) is 12.1 Å². The van der Waals surface area contributed by atoms with Gasteiger partial charge in [0.1, 0.15) is 5.82 Å². The average Bonchev–Trinajstić information content (AvgIpc) is 3.30. The first-order valence-corrected chi connectivity index (χ1v) is 6.85. The maximum Gasteiger partial charge on any atom is 0.251 e. The van der Waals surface area contributed by atoms with Gasteiger partial charge in [-0.1, -0.05) is 36.4 Å². The Morgan fingerprint density at radius 1 is 1.10 bits per heavy atom. The predicted octanol–water partition coefficient (Wildman–Crippen LogP) is 3.71. The Hall–Kier alpha value is -2.16. The molecule has 1 unspecified atom stereocenters. The van der Waals surface area contributed by atoms with Crippen LogP contribution in [0, 0.1) is 11.7 Å². The molecule has 0 spiro atoms. The van der Waals surface area contributed by atoms with Crippen LogP contribution in [0.1, 0.15) is 34.8 Å². The molecule has 0 aliphatic heterocycles. The van der Waals surface area contributed by atoms with Crippen LogP contribution in [0.25, 0.3) is 0 Å². The molecule has 2 aromatic carbocycles. The molecule has 102 valence electrons. The van der Waals surface area contributed by atoms with Crippen molar-refractivity contribution >= 4 is 5.91 Å². The van der Waals surface area contributed by atoms with Crippen LogP contribution >= 0.6 is 0 Å². The Kier molecular flexibility index (Phi) is 3.50. The predicted molar refractivity (Wildman–Crippen MR) is 75.8 cm³/mol. The highest BCUT2D eigenvalue weighted by Gasteiger charge is 2.33. The number of amides is 1. The van der Waals surface area contributed by atoms with Crippen molar-refractivity contribution in [2.75, 3.05) is 0 Å². The zero-order valence-corrected chi connectivity index (χ0v) is 11.1. The Balaban J connectivity index is 1.79. The number of hydrogen-bond donors (Lipinski definition) is 1. The van der Waals surface area contributed by atoms with E-state index in [0.29, 0.717) is 11.5 Å². The largest absolute Gasteiger partial charge is 0.345 e. The number of rotatable bonds is 4. The molecule has 0 aromatic heterocycles. The Morgan fingerprint density at radius 3 is 2.50 bits per heavy atom. The lowest BCUT2D eigenvalue weighted by Crippen LogP contribution is -2.29. The van der Waals surface area contributed by atoms with Gasteiger partial charge in [-0.15, -0.1) is 0 Å². The molecule has 1 atom stereocenters. The van der Waals surface area contributed by atoms with Gasteiger partial charge in [0.2, 0.25) is 0 Å². The molecule has 1 fully saturated rings. The molecule has 1 saturated carbocycles. The van der Waals surface area contributed by atoms with Gasteiger partial charge in [0.05, 0.1) is 6.04 Å². The second kappa shape index (κ2) is 5.45. The third kappa shape index (κ3) is 2.87. The summed E-state index contributed by atoms with van der Waals surface area (Å²) in [6.45, 7) is 0. The average molecular weight is 269 g/mol. The van der Waals surface area contributed by atoms with Crippen molar-refractivity contribution in [2.24, 2.45) is 5.92 Å². The van der Waals surface area contributed by atoms with Gasteiger partial charge in [-0.05, 0) is 42.5 Å². The highest BCUT2D eigenvalue weighted by Crippen LogP contribution is 2.41. The van der Waals surface area contributed by atoms with E-state index in [2.05, 4.69) is 5.32 Å². The first-order chi connectivity index (χ1) is 9.74. The van der Waals surface area contributed by atoms with Crippen LogP contribution < -0.4 is 5.32 Å². The number of halogens is 1. The van der Waals surface area contributed by atoms with Gasteiger partial charge in [0.15, 0.2) is 0 Å². The number of benzene rings is 2.